The standard InChI is InChI=1S/C11H12N6/c12-6-8-1-2-9(13)10(5-8)14-4-3-11-15-7-16-17-11/h1-2,5,7,14H,3-4,13H2,(H,15,16,17). The van der Waals surface area contributed by atoms with E-state index in [2.05, 4.69) is 26.6 Å². The number of anilines is 2. The zero-order valence-corrected chi connectivity index (χ0v) is 9.14. The molecule has 0 spiro atoms. The van der Waals surface area contributed by atoms with Crippen LogP contribution in [0.5, 0.6) is 0 Å². The number of nitrogen functional groups attached to an aromatic ring is 1. The van der Waals surface area contributed by atoms with E-state index in [1.54, 1.807) is 18.2 Å². The van der Waals surface area contributed by atoms with Crippen molar-refractivity contribution in [3.8, 4) is 6.07 Å². The van der Waals surface area contributed by atoms with Crippen molar-refractivity contribution in [2.45, 2.75) is 6.42 Å². The van der Waals surface area contributed by atoms with Crippen molar-refractivity contribution >= 4 is 11.4 Å². The van der Waals surface area contributed by atoms with Crippen molar-refractivity contribution < 1.29 is 0 Å². The van der Waals surface area contributed by atoms with E-state index in [1.807, 2.05) is 0 Å². The first kappa shape index (κ1) is 11.0. The average molecular weight is 228 g/mol. The molecule has 1 aromatic heterocycles. The van der Waals surface area contributed by atoms with Crippen molar-refractivity contribution in [3.63, 3.8) is 0 Å². The van der Waals surface area contributed by atoms with Crippen molar-refractivity contribution in [3.05, 3.63) is 35.9 Å². The topological polar surface area (TPSA) is 103 Å². The van der Waals surface area contributed by atoms with Crippen LogP contribution in [0.1, 0.15) is 11.4 Å². The maximum Gasteiger partial charge on any atom is 0.137 e. The highest BCUT2D eigenvalue weighted by molar-refractivity contribution is 5.68. The van der Waals surface area contributed by atoms with Crippen LogP contribution in [0, 0.1) is 11.3 Å². The van der Waals surface area contributed by atoms with E-state index in [1.165, 1.54) is 6.33 Å². The number of H-pyrrole nitrogens is 1. The fourth-order valence-electron chi connectivity index (χ4n) is 1.45. The third-order valence-electron chi connectivity index (χ3n) is 2.32. The summed E-state index contributed by atoms with van der Waals surface area (Å²) in [5.41, 5.74) is 7.77. The van der Waals surface area contributed by atoms with Crippen molar-refractivity contribution in [1.29, 1.82) is 5.26 Å². The van der Waals surface area contributed by atoms with E-state index in [0.29, 0.717) is 17.8 Å². The molecule has 0 aliphatic heterocycles. The number of nitrogens with two attached hydrogens (primary N) is 1. The van der Waals surface area contributed by atoms with Gasteiger partial charge < -0.3 is 11.1 Å². The van der Waals surface area contributed by atoms with E-state index < -0.39 is 0 Å². The fourth-order valence-corrected chi connectivity index (χ4v) is 1.45. The Balaban J connectivity index is 1.97. The third kappa shape index (κ3) is 2.72. The lowest BCUT2D eigenvalue weighted by molar-refractivity contribution is 0.901. The smallest absolute Gasteiger partial charge is 0.137 e. The molecule has 1 heterocycles. The van der Waals surface area contributed by atoms with Gasteiger partial charge in [0, 0.05) is 13.0 Å². The first-order valence-corrected chi connectivity index (χ1v) is 5.17. The third-order valence-corrected chi connectivity index (χ3v) is 2.32. The number of aromatic nitrogens is 3. The quantitative estimate of drug-likeness (QED) is 0.675. The van der Waals surface area contributed by atoms with Gasteiger partial charge in [-0.05, 0) is 18.2 Å². The second kappa shape index (κ2) is 4.99. The molecule has 0 fully saturated rings. The first-order valence-electron chi connectivity index (χ1n) is 5.17. The highest BCUT2D eigenvalue weighted by Crippen LogP contribution is 2.19. The molecule has 0 radical (unpaired) electrons. The largest absolute Gasteiger partial charge is 0.397 e. The molecule has 2 aromatic rings. The van der Waals surface area contributed by atoms with Crippen LogP contribution >= 0.6 is 0 Å². The summed E-state index contributed by atoms with van der Waals surface area (Å²) in [4.78, 5) is 4.01. The Morgan fingerprint density at radius 1 is 1.47 bits per heavy atom. The Kier molecular flexibility index (Phi) is 3.21. The number of rotatable bonds is 4. The summed E-state index contributed by atoms with van der Waals surface area (Å²) in [6, 6.07) is 7.22. The van der Waals surface area contributed by atoms with E-state index in [4.69, 9.17) is 11.0 Å². The molecule has 6 heteroatoms. The molecular weight excluding hydrogens is 216 g/mol. The van der Waals surface area contributed by atoms with Crippen LogP contribution in [0.4, 0.5) is 11.4 Å². The molecule has 0 amide bonds. The van der Waals surface area contributed by atoms with Crippen molar-refractivity contribution in [2.24, 2.45) is 0 Å². The summed E-state index contributed by atoms with van der Waals surface area (Å²) in [5.74, 6) is 0.813. The van der Waals surface area contributed by atoms with Crippen LogP contribution < -0.4 is 11.1 Å². The molecule has 0 saturated carbocycles. The number of hydrogen-bond acceptors (Lipinski definition) is 5. The molecule has 2 rings (SSSR count). The molecule has 0 aliphatic carbocycles. The second-order valence-corrected chi connectivity index (χ2v) is 3.52. The second-order valence-electron chi connectivity index (χ2n) is 3.52. The summed E-state index contributed by atoms with van der Waals surface area (Å²) in [6.45, 7) is 0.675. The van der Waals surface area contributed by atoms with Crippen molar-refractivity contribution in [1.82, 2.24) is 15.2 Å². The summed E-state index contributed by atoms with van der Waals surface area (Å²) in [7, 11) is 0. The lowest BCUT2D eigenvalue weighted by Crippen LogP contribution is -2.08. The Hall–Kier alpha value is -2.55. The number of nitriles is 1. The van der Waals surface area contributed by atoms with Gasteiger partial charge in [0.25, 0.3) is 0 Å². The zero-order chi connectivity index (χ0) is 12.1. The van der Waals surface area contributed by atoms with Crippen LogP contribution in [-0.2, 0) is 6.42 Å². The molecular formula is C11H12N6. The summed E-state index contributed by atoms with van der Waals surface area (Å²) < 4.78 is 0. The number of hydrogen-bond donors (Lipinski definition) is 3. The lowest BCUT2D eigenvalue weighted by atomic mass is 10.2. The Labute approximate surface area is 98.5 Å². The number of benzene rings is 1. The molecule has 1 aromatic carbocycles. The van der Waals surface area contributed by atoms with E-state index in [9.17, 15) is 0 Å². The van der Waals surface area contributed by atoms with Gasteiger partial charge in [0.05, 0.1) is 23.0 Å². The van der Waals surface area contributed by atoms with E-state index in [-0.39, 0.29) is 0 Å². The van der Waals surface area contributed by atoms with Crippen molar-refractivity contribution in [2.75, 3.05) is 17.6 Å². The van der Waals surface area contributed by atoms with Gasteiger partial charge in [-0.3, -0.25) is 5.10 Å². The number of nitrogens with zero attached hydrogens (tertiary/aromatic N) is 3. The van der Waals surface area contributed by atoms with Gasteiger partial charge >= 0.3 is 0 Å². The van der Waals surface area contributed by atoms with Crippen LogP contribution in [0.25, 0.3) is 0 Å². The van der Waals surface area contributed by atoms with E-state index >= 15 is 0 Å². The van der Waals surface area contributed by atoms with Crippen LogP contribution in [0.3, 0.4) is 0 Å². The first-order chi connectivity index (χ1) is 8.29. The molecule has 0 bridgehead atoms. The SMILES string of the molecule is N#Cc1ccc(N)c(NCCc2ncn[nH]2)c1. The van der Waals surface area contributed by atoms with Crippen LogP contribution in [0.2, 0.25) is 0 Å². The molecule has 6 nitrogen and oxygen atoms in total. The summed E-state index contributed by atoms with van der Waals surface area (Å²) in [5, 5.41) is 18.5. The summed E-state index contributed by atoms with van der Waals surface area (Å²) >= 11 is 0. The predicted octanol–water partition coefficient (Wildman–Crippen LogP) is 0.913. The van der Waals surface area contributed by atoms with Gasteiger partial charge in [0.1, 0.15) is 12.2 Å². The normalized spacial score (nSPS) is 9.82. The number of nitrogens with one attached hydrogen (secondary N) is 2. The highest BCUT2D eigenvalue weighted by Gasteiger charge is 2.01. The highest BCUT2D eigenvalue weighted by atomic mass is 15.2. The Morgan fingerprint density at radius 3 is 3.06 bits per heavy atom. The van der Waals surface area contributed by atoms with Crippen LogP contribution in [0.15, 0.2) is 24.5 Å². The molecule has 4 N–H and O–H groups in total. The summed E-state index contributed by atoms with van der Waals surface area (Å²) in [6.07, 6.45) is 2.19. The molecule has 0 atom stereocenters. The predicted molar refractivity (Wildman–Crippen MR) is 64.1 cm³/mol. The molecule has 0 aliphatic rings. The minimum Gasteiger partial charge on any atom is -0.397 e. The molecule has 86 valence electrons. The van der Waals surface area contributed by atoms with Gasteiger partial charge in [-0.15, -0.1) is 0 Å². The Bertz CT molecular complexity index is 525. The van der Waals surface area contributed by atoms with Gasteiger partial charge in [-0.1, -0.05) is 0 Å². The molecule has 17 heavy (non-hydrogen) atoms. The lowest BCUT2D eigenvalue weighted by Gasteiger charge is -2.08. The number of aromatic amines is 1. The van der Waals surface area contributed by atoms with E-state index in [0.717, 1.165) is 17.9 Å². The fraction of sp³-hybridized carbons (Fsp3) is 0.182. The minimum atomic E-state index is 0.585. The minimum absolute atomic E-state index is 0.585. The van der Waals surface area contributed by atoms with Gasteiger partial charge in [0.15, 0.2) is 0 Å². The zero-order valence-electron chi connectivity index (χ0n) is 9.14. The van der Waals surface area contributed by atoms with Gasteiger partial charge in [-0.2, -0.15) is 10.4 Å². The van der Waals surface area contributed by atoms with Gasteiger partial charge in [0.2, 0.25) is 0 Å². The maximum absolute atomic E-state index is 8.79. The Morgan fingerprint density at radius 2 is 2.35 bits per heavy atom. The monoisotopic (exact) mass is 228 g/mol. The van der Waals surface area contributed by atoms with Gasteiger partial charge in [-0.25, -0.2) is 4.98 Å². The molecule has 0 saturated heterocycles. The van der Waals surface area contributed by atoms with Crippen LogP contribution in [-0.4, -0.2) is 21.7 Å². The average Bonchev–Trinajstić information content (AvgIpc) is 2.84. The maximum atomic E-state index is 8.79. The molecule has 0 unspecified atom stereocenters.